The van der Waals surface area contributed by atoms with E-state index in [0.29, 0.717) is 6.61 Å². The molecular formula is C8H11NO2S. The fraction of sp³-hybridized carbons (Fsp3) is 0.500. The zero-order valence-corrected chi connectivity index (χ0v) is 7.47. The third kappa shape index (κ3) is 1.54. The topological polar surface area (TPSA) is 44.5 Å². The van der Waals surface area contributed by atoms with E-state index < -0.39 is 0 Å². The van der Waals surface area contributed by atoms with Crippen LogP contribution in [0.15, 0.2) is 11.4 Å². The van der Waals surface area contributed by atoms with Gasteiger partial charge in [-0.25, -0.2) is 0 Å². The summed E-state index contributed by atoms with van der Waals surface area (Å²) >= 11 is 1.53. The van der Waals surface area contributed by atoms with Crippen LogP contribution in [0.4, 0.5) is 5.69 Å². The van der Waals surface area contributed by atoms with Crippen molar-refractivity contribution in [3.05, 3.63) is 11.4 Å². The number of nitrogen functional groups attached to an aromatic ring is 1. The Morgan fingerprint density at radius 2 is 2.58 bits per heavy atom. The van der Waals surface area contributed by atoms with Crippen LogP contribution in [0.1, 0.15) is 6.42 Å². The summed E-state index contributed by atoms with van der Waals surface area (Å²) in [6.45, 7) is 1.49. The molecule has 1 fully saturated rings. The highest BCUT2D eigenvalue weighted by molar-refractivity contribution is 7.12. The fourth-order valence-electron chi connectivity index (χ4n) is 1.16. The van der Waals surface area contributed by atoms with Crippen LogP contribution < -0.4 is 10.5 Å². The maximum Gasteiger partial charge on any atom is 0.197 e. The first-order valence-corrected chi connectivity index (χ1v) is 4.81. The van der Waals surface area contributed by atoms with Gasteiger partial charge in [-0.15, -0.1) is 11.3 Å². The SMILES string of the molecule is Nc1ccsc1OC1CCOC1. The standard InChI is InChI=1S/C8H11NO2S/c9-7-2-4-12-8(7)11-6-1-3-10-5-6/h2,4,6H,1,3,5,9H2. The molecule has 0 amide bonds. The molecule has 0 bridgehead atoms. The average molecular weight is 185 g/mol. The third-order valence-electron chi connectivity index (χ3n) is 1.82. The van der Waals surface area contributed by atoms with Gasteiger partial charge in [-0.2, -0.15) is 0 Å². The lowest BCUT2D eigenvalue weighted by Gasteiger charge is -2.09. The van der Waals surface area contributed by atoms with Crippen molar-refractivity contribution in [2.75, 3.05) is 18.9 Å². The molecule has 2 N–H and O–H groups in total. The van der Waals surface area contributed by atoms with Crippen LogP contribution >= 0.6 is 11.3 Å². The van der Waals surface area contributed by atoms with E-state index in [1.165, 1.54) is 11.3 Å². The van der Waals surface area contributed by atoms with E-state index in [4.69, 9.17) is 15.2 Å². The number of ether oxygens (including phenoxy) is 2. The average Bonchev–Trinajstić information content (AvgIpc) is 2.65. The first kappa shape index (κ1) is 7.89. The first-order chi connectivity index (χ1) is 5.86. The van der Waals surface area contributed by atoms with Gasteiger partial charge in [-0.1, -0.05) is 0 Å². The Morgan fingerprint density at radius 1 is 1.67 bits per heavy atom. The molecule has 0 radical (unpaired) electrons. The first-order valence-electron chi connectivity index (χ1n) is 3.93. The van der Waals surface area contributed by atoms with Crippen LogP contribution in [0.5, 0.6) is 5.06 Å². The lowest BCUT2D eigenvalue weighted by molar-refractivity contribution is 0.144. The Labute approximate surface area is 75.1 Å². The molecule has 0 aromatic carbocycles. The highest BCUT2D eigenvalue weighted by Gasteiger charge is 2.18. The van der Waals surface area contributed by atoms with Gasteiger partial charge < -0.3 is 15.2 Å². The van der Waals surface area contributed by atoms with Crippen molar-refractivity contribution < 1.29 is 9.47 Å². The number of thiophene rings is 1. The van der Waals surface area contributed by atoms with Crippen molar-refractivity contribution in [3.63, 3.8) is 0 Å². The highest BCUT2D eigenvalue weighted by Crippen LogP contribution is 2.30. The van der Waals surface area contributed by atoms with Gasteiger partial charge in [-0.05, 0) is 11.4 Å². The molecule has 1 saturated heterocycles. The number of nitrogens with two attached hydrogens (primary N) is 1. The van der Waals surface area contributed by atoms with Gasteiger partial charge in [0.25, 0.3) is 0 Å². The molecule has 1 aromatic rings. The van der Waals surface area contributed by atoms with E-state index in [9.17, 15) is 0 Å². The Hall–Kier alpha value is -0.740. The molecule has 2 heterocycles. The largest absolute Gasteiger partial charge is 0.477 e. The Balaban J connectivity index is 1.98. The van der Waals surface area contributed by atoms with E-state index in [-0.39, 0.29) is 6.10 Å². The second-order valence-electron chi connectivity index (χ2n) is 2.77. The quantitative estimate of drug-likeness (QED) is 0.759. The second-order valence-corrected chi connectivity index (χ2v) is 3.65. The van der Waals surface area contributed by atoms with Gasteiger partial charge >= 0.3 is 0 Å². The van der Waals surface area contributed by atoms with Gasteiger partial charge in [-0.3, -0.25) is 0 Å². The molecule has 66 valence electrons. The van der Waals surface area contributed by atoms with Crippen molar-refractivity contribution >= 4 is 17.0 Å². The van der Waals surface area contributed by atoms with E-state index in [1.807, 2.05) is 11.4 Å². The van der Waals surface area contributed by atoms with Crippen LogP contribution in [0.25, 0.3) is 0 Å². The minimum absolute atomic E-state index is 0.200. The van der Waals surface area contributed by atoms with E-state index in [1.54, 1.807) is 0 Å². The summed E-state index contributed by atoms with van der Waals surface area (Å²) in [5.41, 5.74) is 6.39. The molecule has 4 heteroatoms. The van der Waals surface area contributed by atoms with Crippen LogP contribution in [0, 0.1) is 0 Å². The highest BCUT2D eigenvalue weighted by atomic mass is 32.1. The number of hydrogen-bond donors (Lipinski definition) is 1. The van der Waals surface area contributed by atoms with Gasteiger partial charge in [0, 0.05) is 6.42 Å². The van der Waals surface area contributed by atoms with Crippen molar-refractivity contribution in [3.8, 4) is 5.06 Å². The fourth-order valence-corrected chi connectivity index (χ4v) is 1.89. The van der Waals surface area contributed by atoms with E-state index in [0.717, 1.165) is 23.8 Å². The number of anilines is 1. The smallest absolute Gasteiger partial charge is 0.197 e. The summed E-state index contributed by atoms with van der Waals surface area (Å²) in [5.74, 6) is 0. The lowest BCUT2D eigenvalue weighted by Crippen LogP contribution is -2.15. The molecule has 1 atom stereocenters. The summed E-state index contributed by atoms with van der Waals surface area (Å²) in [6, 6.07) is 1.86. The summed E-state index contributed by atoms with van der Waals surface area (Å²) < 4.78 is 10.8. The van der Waals surface area contributed by atoms with Crippen LogP contribution in [-0.2, 0) is 4.74 Å². The number of hydrogen-bond acceptors (Lipinski definition) is 4. The summed E-state index contributed by atoms with van der Waals surface area (Å²) in [5, 5.41) is 2.76. The minimum Gasteiger partial charge on any atom is -0.477 e. The monoisotopic (exact) mass is 185 g/mol. The number of rotatable bonds is 2. The Morgan fingerprint density at radius 3 is 3.17 bits per heavy atom. The molecule has 12 heavy (non-hydrogen) atoms. The zero-order valence-electron chi connectivity index (χ0n) is 6.66. The van der Waals surface area contributed by atoms with E-state index >= 15 is 0 Å². The van der Waals surface area contributed by atoms with Gasteiger partial charge in [0.05, 0.1) is 18.9 Å². The summed E-state index contributed by atoms with van der Waals surface area (Å²) in [4.78, 5) is 0. The molecule has 1 aliphatic rings. The van der Waals surface area contributed by atoms with Crippen LogP contribution in [-0.4, -0.2) is 19.3 Å². The molecule has 0 aliphatic carbocycles. The Bertz CT molecular complexity index is 255. The molecule has 1 unspecified atom stereocenters. The van der Waals surface area contributed by atoms with Crippen molar-refractivity contribution in [1.29, 1.82) is 0 Å². The van der Waals surface area contributed by atoms with Crippen LogP contribution in [0.3, 0.4) is 0 Å². The lowest BCUT2D eigenvalue weighted by atomic mass is 10.3. The van der Waals surface area contributed by atoms with Crippen molar-refractivity contribution in [1.82, 2.24) is 0 Å². The Kier molecular flexibility index (Phi) is 2.19. The zero-order chi connectivity index (χ0) is 8.39. The molecule has 3 nitrogen and oxygen atoms in total. The van der Waals surface area contributed by atoms with Gasteiger partial charge in [0.2, 0.25) is 0 Å². The van der Waals surface area contributed by atoms with Gasteiger partial charge in [0.15, 0.2) is 5.06 Å². The summed E-state index contributed by atoms with van der Waals surface area (Å²) in [7, 11) is 0. The molecular weight excluding hydrogens is 174 g/mol. The molecule has 0 spiro atoms. The molecule has 1 aliphatic heterocycles. The van der Waals surface area contributed by atoms with Gasteiger partial charge in [0.1, 0.15) is 6.10 Å². The van der Waals surface area contributed by atoms with E-state index in [2.05, 4.69) is 0 Å². The minimum atomic E-state index is 0.200. The third-order valence-corrected chi connectivity index (χ3v) is 2.64. The van der Waals surface area contributed by atoms with Crippen molar-refractivity contribution in [2.45, 2.75) is 12.5 Å². The predicted octanol–water partition coefficient (Wildman–Crippen LogP) is 1.50. The predicted molar refractivity (Wildman–Crippen MR) is 48.6 cm³/mol. The van der Waals surface area contributed by atoms with Crippen molar-refractivity contribution in [2.24, 2.45) is 0 Å². The summed E-state index contributed by atoms with van der Waals surface area (Å²) in [6.07, 6.45) is 1.17. The normalized spacial score (nSPS) is 22.8. The second kappa shape index (κ2) is 3.33. The molecule has 1 aromatic heterocycles. The maximum absolute atomic E-state index is 5.66. The maximum atomic E-state index is 5.66. The molecule has 2 rings (SSSR count). The molecule has 0 saturated carbocycles. The van der Waals surface area contributed by atoms with Crippen LogP contribution in [0.2, 0.25) is 0 Å².